The number of amides is 2. The Kier molecular flexibility index (Phi) is 4.76. The van der Waals surface area contributed by atoms with E-state index in [0.717, 1.165) is 18.6 Å². The lowest BCUT2D eigenvalue weighted by atomic mass is 9.94. The normalized spacial score (nSPS) is 31.4. The average Bonchev–Trinajstić information content (AvgIpc) is 3.65. The van der Waals surface area contributed by atoms with Gasteiger partial charge >= 0.3 is 0 Å². The van der Waals surface area contributed by atoms with E-state index in [2.05, 4.69) is 39.9 Å². The summed E-state index contributed by atoms with van der Waals surface area (Å²) in [6.45, 7) is 1.06. The maximum atomic E-state index is 12.8. The van der Waals surface area contributed by atoms with Crippen LogP contribution in [0, 0.1) is 11.8 Å². The zero-order valence-electron chi connectivity index (χ0n) is 16.3. The highest BCUT2D eigenvalue weighted by atomic mass is 16.2. The molecule has 5 heteroatoms. The lowest BCUT2D eigenvalue weighted by Crippen LogP contribution is -2.38. The van der Waals surface area contributed by atoms with E-state index < -0.39 is 0 Å². The van der Waals surface area contributed by atoms with Crippen LogP contribution in [0.15, 0.2) is 65.7 Å². The van der Waals surface area contributed by atoms with Gasteiger partial charge < -0.3 is 10.6 Å². The lowest BCUT2D eigenvalue weighted by Gasteiger charge is -2.15. The zero-order valence-corrected chi connectivity index (χ0v) is 16.3. The van der Waals surface area contributed by atoms with E-state index in [-0.39, 0.29) is 35.6 Å². The summed E-state index contributed by atoms with van der Waals surface area (Å²) < 4.78 is 0. The van der Waals surface area contributed by atoms with Crippen LogP contribution in [-0.2, 0) is 9.59 Å². The van der Waals surface area contributed by atoms with Gasteiger partial charge in [-0.2, -0.15) is 0 Å². The van der Waals surface area contributed by atoms with Crippen molar-refractivity contribution in [1.82, 2.24) is 10.6 Å². The van der Waals surface area contributed by atoms with Crippen molar-refractivity contribution in [2.75, 3.05) is 13.1 Å². The molecule has 3 fully saturated rings. The molecule has 1 unspecified atom stereocenters. The molecule has 2 aromatic carbocycles. The number of nitrogens with one attached hydrogen (secondary N) is 2. The molecule has 29 heavy (non-hydrogen) atoms. The first-order chi connectivity index (χ1) is 14.2. The van der Waals surface area contributed by atoms with Crippen molar-refractivity contribution in [2.45, 2.75) is 30.7 Å². The number of nitrogens with zero attached hydrogens (tertiary/aromatic N) is 1. The molecule has 0 radical (unpaired) electrons. The highest BCUT2D eigenvalue weighted by molar-refractivity contribution is 6.11. The summed E-state index contributed by atoms with van der Waals surface area (Å²) in [5.74, 6) is -0.223. The van der Waals surface area contributed by atoms with Gasteiger partial charge in [0.15, 0.2) is 0 Å². The van der Waals surface area contributed by atoms with E-state index in [4.69, 9.17) is 0 Å². The number of rotatable bonds is 5. The van der Waals surface area contributed by atoms with E-state index >= 15 is 0 Å². The van der Waals surface area contributed by atoms with Crippen LogP contribution in [0.1, 0.15) is 35.8 Å². The quantitative estimate of drug-likeness (QED) is 0.829. The van der Waals surface area contributed by atoms with Crippen LogP contribution >= 0.6 is 0 Å². The van der Waals surface area contributed by atoms with Gasteiger partial charge in [-0.3, -0.25) is 9.59 Å². The van der Waals surface area contributed by atoms with Crippen molar-refractivity contribution in [3.05, 3.63) is 71.8 Å². The van der Waals surface area contributed by atoms with Crippen molar-refractivity contribution < 1.29 is 9.59 Å². The van der Waals surface area contributed by atoms with Crippen molar-refractivity contribution in [1.29, 1.82) is 0 Å². The Balaban J connectivity index is 1.19. The van der Waals surface area contributed by atoms with Crippen LogP contribution in [0.3, 0.4) is 0 Å². The van der Waals surface area contributed by atoms with Gasteiger partial charge in [0.25, 0.3) is 5.91 Å². The number of hydrogen-bond donors (Lipinski definition) is 2. The Hall–Kier alpha value is -2.79. The minimum atomic E-state index is -0.367. The fourth-order valence-electron chi connectivity index (χ4n) is 4.42. The van der Waals surface area contributed by atoms with Crippen molar-refractivity contribution in [3.8, 4) is 0 Å². The topological polar surface area (TPSA) is 70.6 Å². The molecule has 2 saturated carbocycles. The maximum absolute atomic E-state index is 12.8. The number of carbonyl (C=O) groups is 2. The first-order valence-corrected chi connectivity index (χ1v) is 10.4. The summed E-state index contributed by atoms with van der Waals surface area (Å²) in [5.41, 5.74) is 3.42. The van der Waals surface area contributed by atoms with E-state index in [1.165, 1.54) is 11.1 Å². The minimum Gasteiger partial charge on any atom is -0.352 e. The second kappa shape index (κ2) is 7.56. The van der Waals surface area contributed by atoms with Gasteiger partial charge in [0.2, 0.25) is 5.91 Å². The Morgan fingerprint density at radius 1 is 0.897 bits per heavy atom. The number of carbonyl (C=O) groups excluding carboxylic acids is 2. The molecule has 0 spiro atoms. The Bertz CT molecular complexity index is 941. The summed E-state index contributed by atoms with van der Waals surface area (Å²) in [6.07, 6.45) is 1.81. The molecule has 148 valence electrons. The minimum absolute atomic E-state index is 0.0209. The standard InChI is InChI=1S/C24H25N3O2/c28-23(26-21-11-17(21)15-7-3-1-4-8-15)19-13-25-14-20(19)24(29)27-22-12-18(22)16-9-5-2-6-10-16/h1-10,17-21,25H,11-14H2,(H,26,28)/b27-22+/t17?,18-,19-,20-,21+/m0/s1. The summed E-state index contributed by atoms with van der Waals surface area (Å²) >= 11 is 0. The molecule has 1 heterocycles. The third-order valence-electron chi connectivity index (χ3n) is 6.33. The van der Waals surface area contributed by atoms with Crippen LogP contribution in [0.25, 0.3) is 0 Å². The monoisotopic (exact) mass is 387 g/mol. The van der Waals surface area contributed by atoms with Crippen LogP contribution in [-0.4, -0.2) is 36.7 Å². The zero-order chi connectivity index (χ0) is 19.8. The SMILES string of the molecule is O=C(/N=C1\C[C@H]1c1ccccc1)[C@H]1CNC[C@@H]1C(=O)N[C@@H]1CC1c1ccccc1. The van der Waals surface area contributed by atoms with Gasteiger partial charge in [-0.1, -0.05) is 60.7 Å². The summed E-state index contributed by atoms with van der Waals surface area (Å²) in [4.78, 5) is 30.0. The average molecular weight is 387 g/mol. The third-order valence-corrected chi connectivity index (χ3v) is 6.33. The molecule has 5 nitrogen and oxygen atoms in total. The molecule has 2 aromatic rings. The highest BCUT2D eigenvalue weighted by Crippen LogP contribution is 2.41. The van der Waals surface area contributed by atoms with Crippen molar-refractivity contribution in [3.63, 3.8) is 0 Å². The molecular formula is C24H25N3O2. The Labute approximate surface area is 170 Å². The molecule has 2 N–H and O–H groups in total. The molecule has 0 aromatic heterocycles. The van der Waals surface area contributed by atoms with Crippen LogP contribution in [0.4, 0.5) is 0 Å². The predicted molar refractivity (Wildman–Crippen MR) is 112 cm³/mol. The molecule has 2 amide bonds. The summed E-state index contributed by atoms with van der Waals surface area (Å²) in [6, 6.07) is 20.6. The molecule has 2 aliphatic carbocycles. The first-order valence-electron chi connectivity index (χ1n) is 10.4. The highest BCUT2D eigenvalue weighted by Gasteiger charge is 2.44. The molecular weight excluding hydrogens is 362 g/mol. The second-order valence-corrected chi connectivity index (χ2v) is 8.35. The van der Waals surface area contributed by atoms with Gasteiger partial charge in [-0.15, -0.1) is 0 Å². The van der Waals surface area contributed by atoms with Crippen molar-refractivity contribution >= 4 is 17.5 Å². The molecule has 3 aliphatic rings. The fourth-order valence-corrected chi connectivity index (χ4v) is 4.42. The molecule has 5 atom stereocenters. The van der Waals surface area contributed by atoms with E-state index in [0.29, 0.717) is 19.0 Å². The van der Waals surface area contributed by atoms with E-state index in [9.17, 15) is 9.59 Å². The summed E-state index contributed by atoms with van der Waals surface area (Å²) in [5, 5.41) is 6.36. The molecule has 5 rings (SSSR count). The second-order valence-electron chi connectivity index (χ2n) is 8.35. The van der Waals surface area contributed by atoms with Gasteiger partial charge in [-0.25, -0.2) is 4.99 Å². The van der Waals surface area contributed by atoms with Gasteiger partial charge in [0.1, 0.15) is 0 Å². The number of hydrogen-bond acceptors (Lipinski definition) is 3. The van der Waals surface area contributed by atoms with Gasteiger partial charge in [0.05, 0.1) is 11.8 Å². The van der Waals surface area contributed by atoms with Crippen LogP contribution in [0.2, 0.25) is 0 Å². The largest absolute Gasteiger partial charge is 0.352 e. The fraction of sp³-hybridized carbons (Fsp3) is 0.375. The van der Waals surface area contributed by atoms with Crippen LogP contribution < -0.4 is 10.6 Å². The third kappa shape index (κ3) is 3.87. The molecule has 0 bridgehead atoms. The van der Waals surface area contributed by atoms with Crippen LogP contribution in [0.5, 0.6) is 0 Å². The molecule has 1 saturated heterocycles. The van der Waals surface area contributed by atoms with Crippen molar-refractivity contribution in [2.24, 2.45) is 16.8 Å². The number of aliphatic imine (C=N–C) groups is 1. The van der Waals surface area contributed by atoms with Gasteiger partial charge in [0, 0.05) is 36.7 Å². The maximum Gasteiger partial charge on any atom is 0.250 e. The predicted octanol–water partition coefficient (Wildman–Crippen LogP) is 2.65. The Morgan fingerprint density at radius 2 is 1.55 bits per heavy atom. The number of benzene rings is 2. The smallest absolute Gasteiger partial charge is 0.250 e. The van der Waals surface area contributed by atoms with E-state index in [1.807, 2.05) is 36.4 Å². The van der Waals surface area contributed by atoms with Gasteiger partial charge in [-0.05, 0) is 24.0 Å². The lowest BCUT2D eigenvalue weighted by molar-refractivity contribution is -0.131. The summed E-state index contributed by atoms with van der Waals surface area (Å²) in [7, 11) is 0. The Morgan fingerprint density at radius 3 is 2.28 bits per heavy atom. The first kappa shape index (κ1) is 18.3. The molecule has 1 aliphatic heterocycles. The van der Waals surface area contributed by atoms with E-state index in [1.54, 1.807) is 0 Å².